The van der Waals surface area contributed by atoms with E-state index in [0.717, 1.165) is 31.9 Å². The lowest BCUT2D eigenvalue weighted by Crippen LogP contribution is -2.42. The highest BCUT2D eigenvalue weighted by Gasteiger charge is 2.45. The Labute approximate surface area is 156 Å². The van der Waals surface area contributed by atoms with Gasteiger partial charge in [0.25, 0.3) is 0 Å². The first-order valence-corrected chi connectivity index (χ1v) is 10.6. The molecule has 0 spiro atoms. The van der Waals surface area contributed by atoms with Crippen molar-refractivity contribution in [2.24, 2.45) is 10.4 Å². The summed E-state index contributed by atoms with van der Waals surface area (Å²) < 4.78 is 23.1. The molecule has 22 heavy (non-hydrogen) atoms. The lowest BCUT2D eigenvalue weighted by Gasteiger charge is -2.21. The fourth-order valence-corrected chi connectivity index (χ4v) is 3.75. The number of thioether (sulfide) groups is 1. The van der Waals surface area contributed by atoms with E-state index in [1.807, 2.05) is 6.92 Å². The number of sulfone groups is 1. The van der Waals surface area contributed by atoms with Gasteiger partial charge in [0, 0.05) is 29.5 Å². The highest BCUT2D eigenvalue weighted by molar-refractivity contribution is 14.0. The summed E-state index contributed by atoms with van der Waals surface area (Å²) in [5.74, 6) is 1.04. The summed E-state index contributed by atoms with van der Waals surface area (Å²) in [6.07, 6.45) is 5.35. The van der Waals surface area contributed by atoms with Gasteiger partial charge in [-0.25, -0.2) is 8.42 Å². The molecule has 2 N–H and O–H groups in total. The Hall–Kier alpha value is 0.300. The van der Waals surface area contributed by atoms with E-state index in [4.69, 9.17) is 0 Å². The number of halogens is 1. The van der Waals surface area contributed by atoms with Gasteiger partial charge in [0.05, 0.1) is 12.3 Å². The normalized spacial score (nSPS) is 17.6. The quantitative estimate of drug-likeness (QED) is 0.328. The third-order valence-electron chi connectivity index (χ3n) is 3.67. The van der Waals surface area contributed by atoms with Crippen molar-refractivity contribution in [1.29, 1.82) is 0 Å². The van der Waals surface area contributed by atoms with E-state index in [9.17, 15) is 8.42 Å². The predicted molar refractivity (Wildman–Crippen MR) is 108 cm³/mol. The maximum atomic E-state index is 11.5. The molecule has 0 amide bonds. The Morgan fingerprint density at radius 1 is 1.32 bits per heavy atom. The summed E-state index contributed by atoms with van der Waals surface area (Å²) >= 11 is 1.79. The maximum absolute atomic E-state index is 11.5. The van der Waals surface area contributed by atoms with Gasteiger partial charge in [-0.1, -0.05) is 0 Å². The van der Waals surface area contributed by atoms with Crippen molar-refractivity contribution in [2.75, 3.05) is 37.9 Å². The minimum absolute atomic E-state index is 0. The van der Waals surface area contributed by atoms with Crippen LogP contribution < -0.4 is 10.6 Å². The van der Waals surface area contributed by atoms with Crippen molar-refractivity contribution >= 4 is 51.5 Å². The Balaban J connectivity index is 0.00000441. The summed E-state index contributed by atoms with van der Waals surface area (Å²) in [5, 5.41) is 6.53. The van der Waals surface area contributed by atoms with E-state index < -0.39 is 9.84 Å². The smallest absolute Gasteiger partial charge is 0.191 e. The molecule has 1 fully saturated rings. The molecule has 0 bridgehead atoms. The van der Waals surface area contributed by atoms with Crippen LogP contribution in [0.15, 0.2) is 4.99 Å². The molecular weight excluding hydrogens is 433 g/mol. The van der Waals surface area contributed by atoms with Crippen LogP contribution in [0.25, 0.3) is 0 Å². The van der Waals surface area contributed by atoms with Gasteiger partial charge >= 0.3 is 0 Å². The van der Waals surface area contributed by atoms with Crippen LogP contribution in [0.4, 0.5) is 0 Å². The number of nitrogens with one attached hydrogen (secondary N) is 2. The van der Waals surface area contributed by atoms with E-state index in [-0.39, 0.29) is 39.9 Å². The van der Waals surface area contributed by atoms with Crippen LogP contribution in [0.1, 0.15) is 33.6 Å². The van der Waals surface area contributed by atoms with Gasteiger partial charge in [-0.05, 0) is 39.9 Å². The van der Waals surface area contributed by atoms with E-state index in [0.29, 0.717) is 6.54 Å². The molecule has 0 aromatic rings. The molecule has 5 nitrogen and oxygen atoms in total. The van der Waals surface area contributed by atoms with Crippen LogP contribution in [0.2, 0.25) is 0 Å². The first-order valence-electron chi connectivity index (χ1n) is 7.36. The zero-order valence-electron chi connectivity index (χ0n) is 14.2. The Morgan fingerprint density at radius 3 is 2.32 bits per heavy atom. The van der Waals surface area contributed by atoms with Crippen molar-refractivity contribution in [3.8, 4) is 0 Å². The molecule has 0 saturated heterocycles. The third kappa shape index (κ3) is 8.81. The molecule has 0 aromatic heterocycles. The molecule has 132 valence electrons. The molecule has 1 aliphatic carbocycles. The van der Waals surface area contributed by atoms with Crippen molar-refractivity contribution < 1.29 is 8.42 Å². The van der Waals surface area contributed by atoms with Crippen LogP contribution in [0.3, 0.4) is 0 Å². The monoisotopic (exact) mass is 463 g/mol. The summed E-state index contributed by atoms with van der Waals surface area (Å²) in [7, 11) is -2.92. The Morgan fingerprint density at radius 2 is 1.91 bits per heavy atom. The molecule has 8 heteroatoms. The van der Waals surface area contributed by atoms with Gasteiger partial charge in [-0.2, -0.15) is 11.8 Å². The van der Waals surface area contributed by atoms with E-state index in [2.05, 4.69) is 35.7 Å². The van der Waals surface area contributed by atoms with Gasteiger partial charge < -0.3 is 10.6 Å². The average molecular weight is 463 g/mol. The van der Waals surface area contributed by atoms with Gasteiger partial charge in [-0.3, -0.25) is 4.99 Å². The van der Waals surface area contributed by atoms with E-state index in [1.165, 1.54) is 6.26 Å². The van der Waals surface area contributed by atoms with E-state index in [1.54, 1.807) is 11.8 Å². The fraction of sp³-hybridized carbons (Fsp3) is 0.929. The van der Waals surface area contributed by atoms with E-state index >= 15 is 0 Å². The number of rotatable bonds is 8. The van der Waals surface area contributed by atoms with Crippen molar-refractivity contribution in [1.82, 2.24) is 10.6 Å². The minimum atomic E-state index is -2.92. The van der Waals surface area contributed by atoms with Crippen LogP contribution in [0, 0.1) is 5.41 Å². The largest absolute Gasteiger partial charge is 0.357 e. The maximum Gasteiger partial charge on any atom is 0.191 e. The molecule has 0 unspecified atom stereocenters. The highest BCUT2D eigenvalue weighted by Crippen LogP contribution is 2.45. The van der Waals surface area contributed by atoms with Gasteiger partial charge in [-0.15, -0.1) is 24.0 Å². The van der Waals surface area contributed by atoms with Crippen LogP contribution in [-0.2, 0) is 9.84 Å². The molecule has 0 heterocycles. The Bertz CT molecular complexity index is 474. The second kappa shape index (κ2) is 8.96. The molecule has 1 aliphatic rings. The standard InChI is InChI=1S/C14H29N3O2S2.HI/c1-6-15-12(16-9-13(2,3)20-4)17-10-14(7-8-14)11-21(5,18)19;/h6-11H2,1-5H3,(H2,15,16,17);1H. The molecule has 0 atom stereocenters. The zero-order valence-corrected chi connectivity index (χ0v) is 18.2. The van der Waals surface area contributed by atoms with Crippen molar-refractivity contribution in [3.63, 3.8) is 0 Å². The SMILES string of the molecule is CCNC(=NCC(C)(C)SC)NCC1(CS(C)(=O)=O)CC1.I. The topological polar surface area (TPSA) is 70.6 Å². The number of guanidine groups is 1. The molecule has 0 radical (unpaired) electrons. The molecule has 1 rings (SSSR count). The first-order chi connectivity index (χ1) is 9.61. The summed E-state index contributed by atoms with van der Waals surface area (Å²) in [6, 6.07) is 0. The lowest BCUT2D eigenvalue weighted by molar-refractivity contribution is 0.529. The van der Waals surface area contributed by atoms with Gasteiger partial charge in [0.15, 0.2) is 5.96 Å². The first kappa shape index (κ1) is 22.3. The molecule has 0 aliphatic heterocycles. The van der Waals surface area contributed by atoms with Gasteiger partial charge in [0.1, 0.15) is 9.84 Å². The van der Waals surface area contributed by atoms with Crippen LogP contribution in [-0.4, -0.2) is 57.0 Å². The lowest BCUT2D eigenvalue weighted by atomic mass is 10.1. The Kier molecular flexibility index (Phi) is 9.08. The predicted octanol–water partition coefficient (Wildman–Crippen LogP) is 2.13. The number of aliphatic imine (C=N–C) groups is 1. The number of hydrogen-bond donors (Lipinski definition) is 2. The number of nitrogens with zero attached hydrogens (tertiary/aromatic N) is 1. The second-order valence-electron chi connectivity index (χ2n) is 6.58. The van der Waals surface area contributed by atoms with Crippen molar-refractivity contribution in [3.05, 3.63) is 0 Å². The molecular formula is C14H30IN3O2S2. The number of hydrogen-bond acceptors (Lipinski definition) is 4. The third-order valence-corrected chi connectivity index (χ3v) is 6.04. The molecule has 0 aromatic carbocycles. The highest BCUT2D eigenvalue weighted by atomic mass is 127. The average Bonchev–Trinajstić information content (AvgIpc) is 3.10. The minimum Gasteiger partial charge on any atom is -0.357 e. The van der Waals surface area contributed by atoms with Crippen LogP contribution >= 0.6 is 35.7 Å². The molecule has 1 saturated carbocycles. The second-order valence-corrected chi connectivity index (χ2v) is 10.2. The van der Waals surface area contributed by atoms with Crippen LogP contribution in [0.5, 0.6) is 0 Å². The van der Waals surface area contributed by atoms with Gasteiger partial charge in [0.2, 0.25) is 0 Å². The fourth-order valence-electron chi connectivity index (χ4n) is 2.05. The zero-order chi connectivity index (χ0) is 16.1. The summed E-state index contributed by atoms with van der Waals surface area (Å²) in [5.41, 5.74) is -0.0845. The van der Waals surface area contributed by atoms with Crippen molar-refractivity contribution in [2.45, 2.75) is 38.4 Å². The summed E-state index contributed by atoms with van der Waals surface area (Å²) in [4.78, 5) is 4.61. The summed E-state index contributed by atoms with van der Waals surface area (Å²) in [6.45, 7) is 8.55.